The Balaban J connectivity index is 1.51. The second kappa shape index (κ2) is 10.9. The fourth-order valence-electron chi connectivity index (χ4n) is 3.78. The lowest BCUT2D eigenvalue weighted by atomic mass is 10.1. The first-order valence-electron chi connectivity index (χ1n) is 11.1. The van der Waals surface area contributed by atoms with Crippen LogP contribution in [0.25, 0.3) is 0 Å². The molecular weight excluding hydrogens is 426 g/mol. The Morgan fingerprint density at radius 1 is 1.16 bits per heavy atom. The van der Waals surface area contributed by atoms with Crippen LogP contribution in [0.3, 0.4) is 0 Å². The van der Waals surface area contributed by atoms with Crippen molar-refractivity contribution in [3.05, 3.63) is 65.2 Å². The number of nitrogens with one attached hydrogen (secondary N) is 1. The number of rotatable bonds is 10. The minimum absolute atomic E-state index is 0.0403. The molecule has 1 aliphatic rings. The molecule has 0 spiro atoms. The average molecular weight is 460 g/mol. The first-order valence-corrected chi connectivity index (χ1v) is 12.7. The Kier molecular flexibility index (Phi) is 8.28. The van der Waals surface area contributed by atoms with Crippen LogP contribution >= 0.6 is 0 Å². The van der Waals surface area contributed by atoms with Crippen LogP contribution in [0.5, 0.6) is 0 Å². The summed E-state index contributed by atoms with van der Waals surface area (Å²) in [5, 5.41) is 9.85. The van der Waals surface area contributed by atoms with Crippen molar-refractivity contribution < 1.29 is 18.3 Å². The van der Waals surface area contributed by atoms with Crippen molar-refractivity contribution in [2.75, 3.05) is 37.3 Å². The highest BCUT2D eigenvalue weighted by Gasteiger charge is 2.22. The second-order valence-corrected chi connectivity index (χ2v) is 10.4. The summed E-state index contributed by atoms with van der Waals surface area (Å²) in [6.45, 7) is 3.97. The average Bonchev–Trinajstić information content (AvgIpc) is 3.23. The normalized spacial score (nSPS) is 16.3. The largest absolute Gasteiger partial charge is 0.391 e. The summed E-state index contributed by atoms with van der Waals surface area (Å²) in [4.78, 5) is 16.7. The Labute approximate surface area is 191 Å². The zero-order valence-electron chi connectivity index (χ0n) is 18.8. The molecule has 0 radical (unpaired) electrons. The van der Waals surface area contributed by atoms with E-state index in [1.54, 1.807) is 11.8 Å². The number of para-hydroxylation sites is 1. The number of aliphatic hydroxyl groups excluding tert-OH is 1. The molecule has 0 bridgehead atoms. The highest BCUT2D eigenvalue weighted by molar-refractivity contribution is 7.89. The molecule has 174 valence electrons. The lowest BCUT2D eigenvalue weighted by molar-refractivity contribution is -0.129. The summed E-state index contributed by atoms with van der Waals surface area (Å²) >= 11 is 0. The number of benzene rings is 2. The van der Waals surface area contributed by atoms with E-state index >= 15 is 0 Å². The molecule has 1 heterocycles. The number of anilines is 1. The highest BCUT2D eigenvalue weighted by Crippen LogP contribution is 2.25. The number of hydrogen-bond donors (Lipinski definition) is 2. The topological polar surface area (TPSA) is 90.0 Å². The maximum atomic E-state index is 12.7. The highest BCUT2D eigenvalue weighted by atomic mass is 32.2. The van der Waals surface area contributed by atoms with E-state index in [2.05, 4.69) is 21.8 Å². The molecule has 0 aliphatic carbocycles. The summed E-state index contributed by atoms with van der Waals surface area (Å²) in [5.41, 5.74) is 4.07. The van der Waals surface area contributed by atoms with Gasteiger partial charge in [0.25, 0.3) is 0 Å². The zero-order chi connectivity index (χ0) is 23.1. The number of carbonyl (C=O) groups excluding carboxylic acids is 1. The van der Waals surface area contributed by atoms with Gasteiger partial charge < -0.3 is 14.9 Å². The zero-order valence-corrected chi connectivity index (χ0v) is 19.6. The van der Waals surface area contributed by atoms with Crippen LogP contribution in [-0.4, -0.2) is 62.9 Å². The third-order valence-corrected chi connectivity index (χ3v) is 7.24. The van der Waals surface area contributed by atoms with Gasteiger partial charge in [0, 0.05) is 38.9 Å². The van der Waals surface area contributed by atoms with Crippen molar-refractivity contribution in [2.45, 2.75) is 38.8 Å². The monoisotopic (exact) mass is 459 g/mol. The summed E-state index contributed by atoms with van der Waals surface area (Å²) < 4.78 is 25.7. The van der Waals surface area contributed by atoms with Crippen LogP contribution in [0.1, 0.15) is 30.0 Å². The summed E-state index contributed by atoms with van der Waals surface area (Å²) in [6.07, 6.45) is 1.57. The Bertz CT molecular complexity index is 1010. The van der Waals surface area contributed by atoms with E-state index in [1.165, 1.54) is 5.56 Å². The molecule has 2 N–H and O–H groups in total. The quantitative estimate of drug-likeness (QED) is 0.567. The van der Waals surface area contributed by atoms with E-state index in [4.69, 9.17) is 0 Å². The summed E-state index contributed by atoms with van der Waals surface area (Å²) in [7, 11) is -1.41. The maximum Gasteiger partial charge on any atom is 0.226 e. The predicted molar refractivity (Wildman–Crippen MR) is 127 cm³/mol. The van der Waals surface area contributed by atoms with Crippen LogP contribution in [0, 0.1) is 0 Å². The Morgan fingerprint density at radius 2 is 1.84 bits per heavy atom. The molecule has 1 fully saturated rings. The van der Waals surface area contributed by atoms with Crippen LogP contribution in [0.15, 0.2) is 48.5 Å². The molecule has 32 heavy (non-hydrogen) atoms. The van der Waals surface area contributed by atoms with Gasteiger partial charge in [-0.2, -0.15) is 0 Å². The van der Waals surface area contributed by atoms with E-state index in [9.17, 15) is 18.3 Å². The van der Waals surface area contributed by atoms with Gasteiger partial charge in [0.05, 0.1) is 18.3 Å². The van der Waals surface area contributed by atoms with Gasteiger partial charge in [-0.3, -0.25) is 4.79 Å². The Hall–Kier alpha value is -2.42. The molecule has 8 heteroatoms. The molecule has 0 unspecified atom stereocenters. The molecular formula is C24H33N3O4S. The van der Waals surface area contributed by atoms with Gasteiger partial charge in [0.15, 0.2) is 0 Å². The van der Waals surface area contributed by atoms with Crippen LogP contribution in [0.4, 0.5) is 5.69 Å². The molecule has 0 aromatic heterocycles. The standard InChI is InChI=1S/C24H33N3O4S/c1-3-32(30,31)25-17-20-10-8-19(9-11-20)16-24(29)26(2)14-12-21-6-4-5-7-23(21)27-15-13-22(28)18-27/h4-11,22,25,28H,3,12-18H2,1-2H3/t22-/m0/s1. The summed E-state index contributed by atoms with van der Waals surface area (Å²) in [5.74, 6) is 0.0923. The fourth-order valence-corrected chi connectivity index (χ4v) is 4.37. The third-order valence-electron chi connectivity index (χ3n) is 5.89. The van der Waals surface area contributed by atoms with E-state index < -0.39 is 10.0 Å². The van der Waals surface area contributed by atoms with E-state index in [0.717, 1.165) is 36.2 Å². The van der Waals surface area contributed by atoms with Gasteiger partial charge in [-0.15, -0.1) is 0 Å². The number of aliphatic hydroxyl groups is 1. The summed E-state index contributed by atoms with van der Waals surface area (Å²) in [6, 6.07) is 15.6. The SMILES string of the molecule is CCS(=O)(=O)NCc1ccc(CC(=O)N(C)CCc2ccccc2N2CC[C@H](O)C2)cc1. The van der Waals surface area contributed by atoms with E-state index in [1.807, 2.05) is 43.4 Å². The second-order valence-electron chi connectivity index (χ2n) is 8.30. The van der Waals surface area contributed by atoms with Crippen LogP contribution in [-0.2, 0) is 34.2 Å². The van der Waals surface area contributed by atoms with Gasteiger partial charge in [-0.25, -0.2) is 13.1 Å². The van der Waals surface area contributed by atoms with Crippen LogP contribution < -0.4 is 9.62 Å². The molecule has 1 amide bonds. The van der Waals surface area contributed by atoms with Crippen molar-refractivity contribution in [3.8, 4) is 0 Å². The number of sulfonamides is 1. The first kappa shape index (κ1) is 24.2. The molecule has 2 aromatic carbocycles. The third kappa shape index (κ3) is 6.79. The van der Waals surface area contributed by atoms with Crippen molar-refractivity contribution in [2.24, 2.45) is 0 Å². The number of nitrogens with zero attached hydrogens (tertiary/aromatic N) is 2. The minimum Gasteiger partial charge on any atom is -0.391 e. The van der Waals surface area contributed by atoms with E-state index in [-0.39, 0.29) is 24.3 Å². The molecule has 2 aromatic rings. The first-order chi connectivity index (χ1) is 15.3. The van der Waals surface area contributed by atoms with Crippen molar-refractivity contribution in [1.82, 2.24) is 9.62 Å². The molecule has 1 saturated heterocycles. The number of likely N-dealkylation sites (N-methyl/N-ethyl adjacent to an activating group) is 1. The number of hydrogen-bond acceptors (Lipinski definition) is 5. The Morgan fingerprint density at radius 3 is 2.50 bits per heavy atom. The fraction of sp³-hybridized carbons (Fsp3) is 0.458. The molecule has 1 atom stereocenters. The van der Waals surface area contributed by atoms with Gasteiger partial charge in [-0.1, -0.05) is 42.5 Å². The van der Waals surface area contributed by atoms with Crippen molar-refractivity contribution >= 4 is 21.6 Å². The minimum atomic E-state index is -3.22. The maximum absolute atomic E-state index is 12.7. The van der Waals surface area contributed by atoms with Gasteiger partial charge in [0.1, 0.15) is 0 Å². The molecule has 7 nitrogen and oxygen atoms in total. The van der Waals surface area contributed by atoms with Crippen LogP contribution in [0.2, 0.25) is 0 Å². The lowest BCUT2D eigenvalue weighted by Crippen LogP contribution is -2.30. The van der Waals surface area contributed by atoms with Crippen molar-refractivity contribution in [3.63, 3.8) is 0 Å². The smallest absolute Gasteiger partial charge is 0.226 e. The number of carbonyl (C=O) groups is 1. The lowest BCUT2D eigenvalue weighted by Gasteiger charge is -2.23. The van der Waals surface area contributed by atoms with Gasteiger partial charge in [0.2, 0.25) is 15.9 Å². The number of β-amino-alcohol motifs (C(OH)–C–C–N with tert-alkyl or cyclic N) is 1. The molecule has 3 rings (SSSR count). The molecule has 0 saturated carbocycles. The molecule has 1 aliphatic heterocycles. The van der Waals surface area contributed by atoms with Crippen molar-refractivity contribution in [1.29, 1.82) is 0 Å². The predicted octanol–water partition coefficient (Wildman–Crippen LogP) is 1.94. The number of amides is 1. The van der Waals surface area contributed by atoms with E-state index in [0.29, 0.717) is 19.5 Å². The van der Waals surface area contributed by atoms with Gasteiger partial charge >= 0.3 is 0 Å². The van der Waals surface area contributed by atoms with Gasteiger partial charge in [-0.05, 0) is 42.5 Å².